The van der Waals surface area contributed by atoms with Gasteiger partial charge < -0.3 is 4.74 Å². The third-order valence-electron chi connectivity index (χ3n) is 2.87. The van der Waals surface area contributed by atoms with Crippen LogP contribution in [0.25, 0.3) is 0 Å². The molecule has 1 fully saturated rings. The lowest BCUT2D eigenvalue weighted by atomic mass is 9.97. The van der Waals surface area contributed by atoms with Gasteiger partial charge in [-0.25, -0.2) is 9.69 Å². The van der Waals surface area contributed by atoms with Gasteiger partial charge in [0, 0.05) is 0 Å². The van der Waals surface area contributed by atoms with Gasteiger partial charge in [-0.1, -0.05) is 28.1 Å². The van der Waals surface area contributed by atoms with Crippen molar-refractivity contribution in [1.29, 1.82) is 0 Å². The Hall–Kier alpha value is -0.840. The second kappa shape index (κ2) is 4.12. The number of hydrogen-bond acceptors (Lipinski definition) is 3. The van der Waals surface area contributed by atoms with E-state index in [1.165, 1.54) is 4.90 Å². The van der Waals surface area contributed by atoms with Crippen molar-refractivity contribution in [3.8, 4) is 0 Å². The fourth-order valence-electron chi connectivity index (χ4n) is 2.15. The number of ether oxygens (including phenoxy) is 1. The molecule has 1 saturated heterocycles. The minimum absolute atomic E-state index is 0.0257. The van der Waals surface area contributed by atoms with Crippen molar-refractivity contribution in [2.45, 2.75) is 43.7 Å². The van der Waals surface area contributed by atoms with Crippen molar-refractivity contribution in [1.82, 2.24) is 4.90 Å². The van der Waals surface area contributed by atoms with Crippen LogP contribution in [0.3, 0.4) is 0 Å². The third-order valence-corrected chi connectivity index (χ3v) is 3.78. The van der Waals surface area contributed by atoms with Gasteiger partial charge in [0.1, 0.15) is 5.60 Å². The first-order chi connectivity index (χ1) is 7.79. The fraction of sp³-hybridized carbons (Fsp3) is 0.667. The Morgan fingerprint density at radius 3 is 2.71 bits per heavy atom. The molecule has 0 aromatic heterocycles. The summed E-state index contributed by atoms with van der Waals surface area (Å²) in [5, 5.41) is 0. The highest BCUT2D eigenvalue weighted by atomic mass is 79.9. The highest BCUT2D eigenvalue weighted by Crippen LogP contribution is 2.36. The van der Waals surface area contributed by atoms with Gasteiger partial charge in [-0.15, -0.1) is 0 Å². The SMILES string of the molecule is CC(C)(C)OC(=O)N1C(=O)[C@H]2C=CC(Br)[C@H]1C2. The molecule has 1 heterocycles. The number of halogens is 1. The maximum Gasteiger partial charge on any atom is 0.417 e. The molecule has 4 nitrogen and oxygen atoms in total. The van der Waals surface area contributed by atoms with Crippen LogP contribution in [0.4, 0.5) is 4.79 Å². The molecule has 2 bridgehead atoms. The summed E-state index contributed by atoms with van der Waals surface area (Å²) in [6.07, 6.45) is 3.94. The van der Waals surface area contributed by atoms with Gasteiger partial charge in [0.15, 0.2) is 0 Å². The molecule has 2 aliphatic rings. The number of nitrogens with zero attached hydrogens (tertiary/aromatic N) is 1. The lowest BCUT2D eigenvalue weighted by Gasteiger charge is -2.28. The van der Waals surface area contributed by atoms with E-state index in [1.54, 1.807) is 20.8 Å². The average Bonchev–Trinajstić information content (AvgIpc) is 2.44. The van der Waals surface area contributed by atoms with Crippen molar-refractivity contribution in [2.24, 2.45) is 5.92 Å². The molecule has 0 spiro atoms. The largest absolute Gasteiger partial charge is 0.443 e. The Bertz CT molecular complexity index is 386. The molecule has 1 unspecified atom stereocenters. The quantitative estimate of drug-likeness (QED) is 0.510. The monoisotopic (exact) mass is 301 g/mol. The molecule has 2 amide bonds. The van der Waals surface area contributed by atoms with Gasteiger partial charge in [0.25, 0.3) is 0 Å². The predicted molar refractivity (Wildman–Crippen MR) is 66.8 cm³/mol. The van der Waals surface area contributed by atoms with E-state index >= 15 is 0 Å². The van der Waals surface area contributed by atoms with Gasteiger partial charge >= 0.3 is 6.09 Å². The lowest BCUT2D eigenvalue weighted by Crippen LogP contribution is -2.45. The molecule has 2 rings (SSSR count). The van der Waals surface area contributed by atoms with Gasteiger partial charge in [-0.05, 0) is 27.2 Å². The minimum atomic E-state index is -0.580. The van der Waals surface area contributed by atoms with E-state index in [0.29, 0.717) is 6.42 Å². The summed E-state index contributed by atoms with van der Waals surface area (Å²) in [5.74, 6) is -0.316. The molecule has 5 heteroatoms. The van der Waals surface area contributed by atoms with Gasteiger partial charge in [0.05, 0.1) is 16.8 Å². The maximum absolute atomic E-state index is 12.0. The number of fused-ring (bicyclic) bond motifs is 2. The minimum Gasteiger partial charge on any atom is -0.443 e. The summed E-state index contributed by atoms with van der Waals surface area (Å²) in [5.41, 5.74) is -0.580. The summed E-state index contributed by atoms with van der Waals surface area (Å²) < 4.78 is 5.27. The van der Waals surface area contributed by atoms with Crippen LogP contribution >= 0.6 is 15.9 Å². The number of rotatable bonds is 0. The summed E-state index contributed by atoms with van der Waals surface area (Å²) in [7, 11) is 0. The molecule has 0 aromatic rings. The Kier molecular flexibility index (Phi) is 3.06. The predicted octanol–water partition coefficient (Wildman–Crippen LogP) is 2.47. The van der Waals surface area contributed by atoms with E-state index in [1.807, 2.05) is 12.2 Å². The van der Waals surface area contributed by atoms with E-state index in [2.05, 4.69) is 15.9 Å². The van der Waals surface area contributed by atoms with Gasteiger partial charge in [0.2, 0.25) is 5.91 Å². The number of imide groups is 1. The number of alkyl halides is 1. The topological polar surface area (TPSA) is 46.6 Å². The average molecular weight is 302 g/mol. The van der Waals surface area contributed by atoms with E-state index in [0.717, 1.165) is 0 Å². The zero-order chi connectivity index (χ0) is 12.8. The van der Waals surface area contributed by atoms with Crippen LogP contribution in [0.1, 0.15) is 27.2 Å². The Morgan fingerprint density at radius 2 is 2.12 bits per heavy atom. The molecular weight excluding hydrogens is 286 g/mol. The molecule has 3 atom stereocenters. The molecule has 0 N–H and O–H groups in total. The normalized spacial score (nSPS) is 31.9. The molecule has 1 aliphatic heterocycles. The zero-order valence-electron chi connectivity index (χ0n) is 10.1. The van der Waals surface area contributed by atoms with Crippen LogP contribution in [0.5, 0.6) is 0 Å². The lowest BCUT2D eigenvalue weighted by molar-refractivity contribution is -0.129. The van der Waals surface area contributed by atoms with E-state index < -0.39 is 11.7 Å². The van der Waals surface area contributed by atoms with Crippen molar-refractivity contribution in [3.05, 3.63) is 12.2 Å². The van der Waals surface area contributed by atoms with E-state index in [9.17, 15) is 9.59 Å². The first-order valence-corrected chi connectivity index (χ1v) is 6.59. The molecule has 1 aliphatic carbocycles. The summed E-state index contributed by atoms with van der Waals surface area (Å²) in [6, 6.07) is -0.118. The van der Waals surface area contributed by atoms with E-state index in [4.69, 9.17) is 4.74 Å². The van der Waals surface area contributed by atoms with Gasteiger partial charge in [-0.2, -0.15) is 0 Å². The second-order valence-electron chi connectivity index (χ2n) is 5.43. The molecular formula is C12H16BrNO3. The molecule has 0 radical (unpaired) electrons. The van der Waals surface area contributed by atoms with Crippen LogP contribution in [-0.4, -0.2) is 33.4 Å². The fourth-order valence-corrected chi connectivity index (χ4v) is 2.78. The first-order valence-electron chi connectivity index (χ1n) is 5.68. The van der Waals surface area contributed by atoms with Crippen molar-refractivity contribution >= 4 is 27.9 Å². The second-order valence-corrected chi connectivity index (χ2v) is 6.48. The number of carbonyl (C=O) groups is 2. The number of carbonyl (C=O) groups excluding carboxylic acids is 2. The maximum atomic E-state index is 12.0. The van der Waals surface area contributed by atoms with Crippen molar-refractivity contribution in [2.75, 3.05) is 0 Å². The Morgan fingerprint density at radius 1 is 1.47 bits per heavy atom. The highest BCUT2D eigenvalue weighted by molar-refractivity contribution is 9.09. The van der Waals surface area contributed by atoms with Crippen LogP contribution in [0.15, 0.2) is 12.2 Å². The molecule has 0 aromatic carbocycles. The molecule has 17 heavy (non-hydrogen) atoms. The van der Waals surface area contributed by atoms with Crippen LogP contribution in [0, 0.1) is 5.92 Å². The highest BCUT2D eigenvalue weighted by Gasteiger charge is 2.48. The number of amides is 2. The smallest absolute Gasteiger partial charge is 0.417 e. The summed E-state index contributed by atoms with van der Waals surface area (Å²) >= 11 is 3.47. The molecule has 0 saturated carbocycles. The zero-order valence-corrected chi connectivity index (χ0v) is 11.7. The van der Waals surface area contributed by atoms with E-state index in [-0.39, 0.29) is 22.7 Å². The van der Waals surface area contributed by atoms with Gasteiger partial charge in [-0.3, -0.25) is 4.79 Å². The number of hydrogen-bond donors (Lipinski definition) is 0. The molecule has 94 valence electrons. The third kappa shape index (κ3) is 2.39. The standard InChI is InChI=1S/C12H16BrNO3/c1-12(2,3)17-11(16)14-9-6-7(10(14)15)4-5-8(9)13/h4-5,7-9H,6H2,1-3H3/t7-,8?,9+/m0/s1. The van der Waals surface area contributed by atoms with Crippen LogP contribution in [-0.2, 0) is 9.53 Å². The Labute approximate surface area is 109 Å². The van der Waals surface area contributed by atoms with Crippen molar-refractivity contribution in [3.63, 3.8) is 0 Å². The summed E-state index contributed by atoms with van der Waals surface area (Å²) in [6.45, 7) is 5.38. The summed E-state index contributed by atoms with van der Waals surface area (Å²) in [4.78, 5) is 25.3. The van der Waals surface area contributed by atoms with Crippen molar-refractivity contribution < 1.29 is 14.3 Å². The Balaban J connectivity index is 2.17. The number of likely N-dealkylation sites (tertiary alicyclic amines) is 1. The first kappa shape index (κ1) is 12.6. The van der Waals surface area contributed by atoms with Crippen LogP contribution in [0.2, 0.25) is 0 Å². The van der Waals surface area contributed by atoms with Crippen LogP contribution < -0.4 is 0 Å².